The van der Waals surface area contributed by atoms with Crippen LogP contribution in [0.4, 0.5) is 5.69 Å². The van der Waals surface area contributed by atoms with Crippen molar-refractivity contribution >= 4 is 46.4 Å². The lowest BCUT2D eigenvalue weighted by molar-refractivity contribution is -0.526. The van der Waals surface area contributed by atoms with E-state index < -0.39 is 41.5 Å². The van der Waals surface area contributed by atoms with Crippen molar-refractivity contribution in [3.05, 3.63) is 66.9 Å². The third-order valence-electron chi connectivity index (χ3n) is 4.88. The van der Waals surface area contributed by atoms with E-state index in [2.05, 4.69) is 15.6 Å². The normalized spacial score (nSPS) is 23.8. The van der Waals surface area contributed by atoms with Crippen LogP contribution in [0.2, 0.25) is 15.3 Å². The summed E-state index contributed by atoms with van der Waals surface area (Å²) in [7, 11) is 0. The maximum absolute atomic E-state index is 13.1. The van der Waals surface area contributed by atoms with Crippen LogP contribution >= 0.6 is 34.8 Å². The Morgan fingerprint density at radius 1 is 1.28 bits per heavy atom. The molecule has 1 saturated heterocycles. The number of amides is 1. The maximum atomic E-state index is 13.1. The summed E-state index contributed by atoms with van der Waals surface area (Å²) in [5.41, 5.74) is 1.64. The van der Waals surface area contributed by atoms with E-state index >= 15 is 0 Å². The van der Waals surface area contributed by atoms with Gasteiger partial charge in [0.05, 0.1) is 18.6 Å². The average molecular weight is 460 g/mol. The van der Waals surface area contributed by atoms with Crippen LogP contribution in [0.25, 0.3) is 0 Å². The predicted octanol–water partition coefficient (Wildman–Crippen LogP) is 3.05. The Hall–Kier alpha value is -1.97. The molecule has 2 aromatic rings. The molecule has 3 rings (SSSR count). The number of nitrogens with zero attached hydrogens (tertiary/aromatic N) is 2. The van der Waals surface area contributed by atoms with Crippen LogP contribution in [0.3, 0.4) is 0 Å². The van der Waals surface area contributed by atoms with E-state index in [0.29, 0.717) is 16.3 Å². The highest BCUT2D eigenvalue weighted by molar-refractivity contribution is 6.32. The highest BCUT2D eigenvalue weighted by Crippen LogP contribution is 2.36. The van der Waals surface area contributed by atoms with Crippen molar-refractivity contribution in [3.63, 3.8) is 0 Å². The molecule has 0 aliphatic carbocycles. The van der Waals surface area contributed by atoms with E-state index in [-0.39, 0.29) is 10.3 Å². The lowest BCUT2D eigenvalue weighted by Gasteiger charge is -2.21. The Labute approximate surface area is 181 Å². The summed E-state index contributed by atoms with van der Waals surface area (Å²) in [5.74, 6) is -1.44. The number of hydrogen-bond donors (Lipinski definition) is 3. The maximum Gasteiger partial charge on any atom is 0.242 e. The lowest BCUT2D eigenvalue weighted by Crippen LogP contribution is -2.43. The molecule has 1 aliphatic heterocycles. The van der Waals surface area contributed by atoms with Crippen molar-refractivity contribution in [1.29, 1.82) is 0 Å². The first-order valence-electron chi connectivity index (χ1n) is 8.61. The zero-order valence-electron chi connectivity index (χ0n) is 15.1. The van der Waals surface area contributed by atoms with Crippen LogP contribution in [0, 0.1) is 17.0 Å². The largest absolute Gasteiger partial charge is 0.394 e. The fraction of sp³-hybridized carbons (Fsp3) is 0.333. The smallest absolute Gasteiger partial charge is 0.242 e. The number of aliphatic hydroxyl groups excluding tert-OH is 1. The summed E-state index contributed by atoms with van der Waals surface area (Å²) in [6.07, 6.45) is 0. The molecular weight excluding hydrogens is 443 g/mol. The van der Waals surface area contributed by atoms with Gasteiger partial charge < -0.3 is 10.4 Å². The van der Waals surface area contributed by atoms with E-state index in [9.17, 15) is 20.0 Å². The number of rotatable bonds is 5. The molecule has 29 heavy (non-hydrogen) atoms. The Bertz CT molecular complexity index is 938. The van der Waals surface area contributed by atoms with Crippen molar-refractivity contribution in [2.75, 3.05) is 11.9 Å². The van der Waals surface area contributed by atoms with Gasteiger partial charge in [-0.05, 0) is 42.3 Å². The molecule has 8 nitrogen and oxygen atoms in total. The summed E-state index contributed by atoms with van der Waals surface area (Å²) < 4.78 is 0. The molecule has 1 fully saturated rings. The fourth-order valence-electron chi connectivity index (χ4n) is 3.56. The van der Waals surface area contributed by atoms with Crippen LogP contribution in [0.5, 0.6) is 0 Å². The zero-order chi connectivity index (χ0) is 21.3. The number of nitrogens with one attached hydrogen (secondary N) is 2. The second-order valence-corrected chi connectivity index (χ2v) is 7.94. The van der Waals surface area contributed by atoms with Gasteiger partial charge in [0.2, 0.25) is 11.9 Å². The standard InChI is InChI=1S/C18H17Cl3N4O4/c1-8-2-3-10(19)6-11(8)23-18(27)16-15(9-4-13(20)24-14(21)5-9)17(25(28)29)12(7-26)22-16/h2-6,12,15-17,22,26H,7H2,1H3,(H,23,27)/t12-,15+,16+,17+/m0/s1. The number of hydrogen-bond acceptors (Lipinski definition) is 6. The summed E-state index contributed by atoms with van der Waals surface area (Å²) in [6, 6.07) is 4.67. The third kappa shape index (κ3) is 4.62. The van der Waals surface area contributed by atoms with E-state index in [0.717, 1.165) is 5.56 Å². The molecule has 0 saturated carbocycles. The lowest BCUT2D eigenvalue weighted by atomic mass is 9.87. The molecule has 2 heterocycles. The van der Waals surface area contributed by atoms with Gasteiger partial charge in [-0.2, -0.15) is 0 Å². The molecule has 4 atom stereocenters. The molecular formula is C18H17Cl3N4O4. The van der Waals surface area contributed by atoms with Gasteiger partial charge in [-0.1, -0.05) is 40.9 Å². The van der Waals surface area contributed by atoms with Gasteiger partial charge in [-0.3, -0.25) is 20.2 Å². The molecule has 1 aromatic carbocycles. The molecule has 11 heteroatoms. The topological polar surface area (TPSA) is 117 Å². The monoisotopic (exact) mass is 458 g/mol. The van der Waals surface area contributed by atoms with Gasteiger partial charge in [-0.25, -0.2) is 4.98 Å². The minimum atomic E-state index is -1.27. The molecule has 154 valence electrons. The first kappa shape index (κ1) is 21.7. The first-order valence-corrected chi connectivity index (χ1v) is 9.75. The number of carbonyl (C=O) groups excluding carboxylic acids is 1. The predicted molar refractivity (Wildman–Crippen MR) is 110 cm³/mol. The molecule has 0 bridgehead atoms. The number of carbonyl (C=O) groups is 1. The molecule has 0 spiro atoms. The van der Waals surface area contributed by atoms with Crippen molar-refractivity contribution < 1.29 is 14.8 Å². The Kier molecular flexibility index (Phi) is 6.60. The second kappa shape index (κ2) is 8.81. The van der Waals surface area contributed by atoms with E-state index in [1.54, 1.807) is 25.1 Å². The zero-order valence-corrected chi connectivity index (χ0v) is 17.4. The van der Waals surface area contributed by atoms with Gasteiger partial charge in [-0.15, -0.1) is 0 Å². The number of anilines is 1. The number of aromatic nitrogens is 1. The highest BCUT2D eigenvalue weighted by Gasteiger charge is 2.53. The van der Waals surface area contributed by atoms with Crippen LogP contribution in [0.1, 0.15) is 17.0 Å². The molecule has 1 aliphatic rings. The summed E-state index contributed by atoms with van der Waals surface area (Å²) in [6.45, 7) is 1.28. The second-order valence-electron chi connectivity index (χ2n) is 6.73. The van der Waals surface area contributed by atoms with Crippen LogP contribution in [-0.4, -0.2) is 45.7 Å². The summed E-state index contributed by atoms with van der Waals surface area (Å²) >= 11 is 17.9. The van der Waals surface area contributed by atoms with Crippen molar-refractivity contribution in [1.82, 2.24) is 10.3 Å². The van der Waals surface area contributed by atoms with E-state index in [1.165, 1.54) is 12.1 Å². The summed E-state index contributed by atoms with van der Waals surface area (Å²) in [5, 5.41) is 27.6. The Morgan fingerprint density at radius 3 is 2.52 bits per heavy atom. The average Bonchev–Trinajstić information content (AvgIpc) is 3.04. The van der Waals surface area contributed by atoms with Gasteiger partial charge in [0.15, 0.2) is 0 Å². The first-order chi connectivity index (χ1) is 13.7. The van der Waals surface area contributed by atoms with Crippen molar-refractivity contribution in [2.45, 2.75) is 31.0 Å². The molecule has 3 N–H and O–H groups in total. The number of aliphatic hydroxyl groups is 1. The van der Waals surface area contributed by atoms with Gasteiger partial charge in [0, 0.05) is 15.6 Å². The quantitative estimate of drug-likeness (QED) is 0.359. The third-order valence-corrected chi connectivity index (χ3v) is 5.51. The molecule has 1 aromatic heterocycles. The number of nitro groups is 1. The van der Waals surface area contributed by atoms with E-state index in [1.807, 2.05) is 0 Å². The molecule has 0 unspecified atom stereocenters. The van der Waals surface area contributed by atoms with E-state index in [4.69, 9.17) is 34.8 Å². The molecule has 0 radical (unpaired) electrons. The molecule has 1 amide bonds. The van der Waals surface area contributed by atoms with Crippen LogP contribution in [-0.2, 0) is 4.79 Å². The number of halogens is 3. The minimum Gasteiger partial charge on any atom is -0.394 e. The van der Waals surface area contributed by atoms with Crippen LogP contribution < -0.4 is 10.6 Å². The van der Waals surface area contributed by atoms with Gasteiger partial charge in [0.25, 0.3) is 0 Å². The van der Waals surface area contributed by atoms with Gasteiger partial charge in [0.1, 0.15) is 16.3 Å². The van der Waals surface area contributed by atoms with Crippen molar-refractivity contribution in [2.24, 2.45) is 0 Å². The number of pyridine rings is 1. The van der Waals surface area contributed by atoms with Crippen molar-refractivity contribution in [3.8, 4) is 0 Å². The Morgan fingerprint density at radius 2 is 1.93 bits per heavy atom. The minimum absolute atomic E-state index is 0.0480. The fourth-order valence-corrected chi connectivity index (χ4v) is 4.21. The highest BCUT2D eigenvalue weighted by atomic mass is 35.5. The Balaban J connectivity index is 2.01. The SMILES string of the molecule is Cc1ccc(Cl)cc1NC(=O)[C@@H]1N[C@@H](CO)[C@@H]([N+](=O)[O-])[C@@H]1c1cc(Cl)nc(Cl)c1. The van der Waals surface area contributed by atoms with Crippen LogP contribution in [0.15, 0.2) is 30.3 Å². The summed E-state index contributed by atoms with van der Waals surface area (Å²) in [4.78, 5) is 28.2. The number of aryl methyl sites for hydroxylation is 1. The number of benzene rings is 1. The van der Waals surface area contributed by atoms with Gasteiger partial charge >= 0.3 is 0 Å².